The van der Waals surface area contributed by atoms with Gasteiger partial charge in [-0.05, 0) is 31.2 Å². The molecule has 5 nitrogen and oxygen atoms in total. The van der Waals surface area contributed by atoms with E-state index >= 15 is 0 Å². The van der Waals surface area contributed by atoms with Crippen LogP contribution in [0.25, 0.3) is 0 Å². The predicted molar refractivity (Wildman–Crippen MR) is 72.6 cm³/mol. The molecule has 1 atom stereocenters. The number of methoxy groups -OCH3 is 1. The Bertz CT molecular complexity index is 413. The first-order valence-electron chi connectivity index (χ1n) is 6.58. The number of anilines is 1. The fourth-order valence-corrected chi connectivity index (χ4v) is 2.18. The van der Waals surface area contributed by atoms with Crippen molar-refractivity contribution in [1.29, 1.82) is 0 Å². The van der Waals surface area contributed by atoms with E-state index in [1.54, 1.807) is 7.11 Å². The van der Waals surface area contributed by atoms with Crippen LogP contribution in [0.1, 0.15) is 6.92 Å². The molecule has 1 aromatic rings. The molecule has 0 radical (unpaired) electrons. The lowest BCUT2D eigenvalue weighted by atomic mass is 10.2. The summed E-state index contributed by atoms with van der Waals surface area (Å²) in [6, 6.07) is 7.30. The monoisotopic (exact) mass is 265 g/mol. The van der Waals surface area contributed by atoms with E-state index in [9.17, 15) is 4.79 Å². The lowest BCUT2D eigenvalue weighted by molar-refractivity contribution is -0.921. The standard InChI is InChI=1S/C14H20N2O3/c1-11(16-7-9-19-10-8-16)14(17)15-12-3-5-13(18-2)6-4-12/h3-6,11H,7-10H2,1-2H3,(H,15,17)/p+1/t11-/m0/s1. The lowest BCUT2D eigenvalue weighted by Gasteiger charge is -2.28. The second kappa shape index (κ2) is 6.54. The van der Waals surface area contributed by atoms with Crippen molar-refractivity contribution in [2.45, 2.75) is 13.0 Å². The van der Waals surface area contributed by atoms with Crippen molar-refractivity contribution in [2.75, 3.05) is 38.7 Å². The summed E-state index contributed by atoms with van der Waals surface area (Å²) in [5.74, 6) is 0.826. The average Bonchev–Trinajstić information content (AvgIpc) is 2.48. The quantitative estimate of drug-likeness (QED) is 0.802. The van der Waals surface area contributed by atoms with Crippen molar-refractivity contribution in [3.8, 4) is 5.75 Å². The Morgan fingerprint density at radius 1 is 1.32 bits per heavy atom. The molecule has 0 aliphatic carbocycles. The smallest absolute Gasteiger partial charge is 0.282 e. The van der Waals surface area contributed by atoms with Gasteiger partial charge in [-0.25, -0.2) is 0 Å². The number of rotatable bonds is 4. The molecular formula is C14H21N2O3+. The SMILES string of the molecule is COc1ccc(NC(=O)[C@H](C)[NH+]2CCOCC2)cc1. The van der Waals surface area contributed by atoms with Crippen LogP contribution in [0.2, 0.25) is 0 Å². The fraction of sp³-hybridized carbons (Fsp3) is 0.500. The summed E-state index contributed by atoms with van der Waals surface area (Å²) in [6.07, 6.45) is 0. The highest BCUT2D eigenvalue weighted by molar-refractivity contribution is 5.93. The number of carbonyl (C=O) groups excluding carboxylic acids is 1. The van der Waals surface area contributed by atoms with Crippen LogP contribution in [0.5, 0.6) is 5.75 Å². The van der Waals surface area contributed by atoms with Crippen LogP contribution in [0.3, 0.4) is 0 Å². The van der Waals surface area contributed by atoms with Crippen molar-refractivity contribution in [3.05, 3.63) is 24.3 Å². The van der Waals surface area contributed by atoms with Crippen LogP contribution in [0.15, 0.2) is 24.3 Å². The summed E-state index contributed by atoms with van der Waals surface area (Å²) in [4.78, 5) is 13.4. The summed E-state index contributed by atoms with van der Waals surface area (Å²) >= 11 is 0. The average molecular weight is 265 g/mol. The summed E-state index contributed by atoms with van der Waals surface area (Å²) in [7, 11) is 1.62. The van der Waals surface area contributed by atoms with Gasteiger partial charge in [-0.3, -0.25) is 4.79 Å². The zero-order chi connectivity index (χ0) is 13.7. The molecule has 0 spiro atoms. The fourth-order valence-electron chi connectivity index (χ4n) is 2.18. The number of morpholine rings is 1. The molecular weight excluding hydrogens is 244 g/mol. The van der Waals surface area contributed by atoms with E-state index in [2.05, 4.69) is 5.32 Å². The molecule has 1 amide bonds. The largest absolute Gasteiger partial charge is 0.497 e. The Morgan fingerprint density at radius 3 is 2.53 bits per heavy atom. The Kier molecular flexibility index (Phi) is 4.76. The van der Waals surface area contributed by atoms with Crippen molar-refractivity contribution in [2.24, 2.45) is 0 Å². The van der Waals surface area contributed by atoms with E-state index in [1.165, 1.54) is 4.90 Å². The molecule has 0 unspecified atom stereocenters. The maximum Gasteiger partial charge on any atom is 0.282 e. The van der Waals surface area contributed by atoms with Gasteiger partial charge in [0.2, 0.25) is 0 Å². The van der Waals surface area contributed by atoms with Gasteiger partial charge in [0.15, 0.2) is 6.04 Å². The Morgan fingerprint density at radius 2 is 1.95 bits per heavy atom. The van der Waals surface area contributed by atoms with E-state index in [0.717, 1.165) is 37.7 Å². The van der Waals surface area contributed by atoms with Crippen molar-refractivity contribution in [3.63, 3.8) is 0 Å². The number of carbonyl (C=O) groups is 1. The zero-order valence-corrected chi connectivity index (χ0v) is 11.4. The maximum absolute atomic E-state index is 12.2. The van der Waals surface area contributed by atoms with Crippen molar-refractivity contribution in [1.82, 2.24) is 0 Å². The van der Waals surface area contributed by atoms with Crippen LogP contribution in [-0.2, 0) is 9.53 Å². The first-order valence-corrected chi connectivity index (χ1v) is 6.58. The number of quaternary nitrogens is 1. The molecule has 1 aromatic carbocycles. The summed E-state index contributed by atoms with van der Waals surface area (Å²) in [5, 5.41) is 2.93. The van der Waals surface area contributed by atoms with Crippen LogP contribution in [-0.4, -0.2) is 45.4 Å². The van der Waals surface area contributed by atoms with E-state index in [1.807, 2.05) is 31.2 Å². The van der Waals surface area contributed by atoms with Crippen LogP contribution < -0.4 is 15.0 Å². The molecule has 19 heavy (non-hydrogen) atoms. The highest BCUT2D eigenvalue weighted by atomic mass is 16.5. The normalized spacial score (nSPS) is 17.8. The second-order valence-electron chi connectivity index (χ2n) is 4.71. The molecule has 2 N–H and O–H groups in total. The molecule has 2 rings (SSSR count). The molecule has 5 heteroatoms. The van der Waals surface area contributed by atoms with Gasteiger partial charge in [0.05, 0.1) is 20.3 Å². The molecule has 0 bridgehead atoms. The highest BCUT2D eigenvalue weighted by Crippen LogP contribution is 2.14. The van der Waals surface area contributed by atoms with Crippen molar-refractivity contribution >= 4 is 11.6 Å². The number of ether oxygens (including phenoxy) is 2. The molecule has 1 aliphatic heterocycles. The van der Waals surface area contributed by atoms with E-state index < -0.39 is 0 Å². The molecule has 0 saturated carbocycles. The van der Waals surface area contributed by atoms with Crippen LogP contribution in [0.4, 0.5) is 5.69 Å². The van der Waals surface area contributed by atoms with Gasteiger partial charge in [0.1, 0.15) is 18.8 Å². The third-order valence-corrected chi connectivity index (χ3v) is 3.50. The van der Waals surface area contributed by atoms with Crippen LogP contribution >= 0.6 is 0 Å². The topological polar surface area (TPSA) is 52.0 Å². The summed E-state index contributed by atoms with van der Waals surface area (Å²) in [6.45, 7) is 5.19. The number of nitrogens with one attached hydrogen (secondary N) is 2. The maximum atomic E-state index is 12.2. The molecule has 1 fully saturated rings. The van der Waals surface area contributed by atoms with Gasteiger partial charge < -0.3 is 19.7 Å². The lowest BCUT2D eigenvalue weighted by Crippen LogP contribution is -3.18. The van der Waals surface area contributed by atoms with Gasteiger partial charge in [0, 0.05) is 5.69 Å². The molecule has 0 aromatic heterocycles. The molecule has 1 aliphatic rings. The minimum Gasteiger partial charge on any atom is -0.497 e. The third kappa shape index (κ3) is 3.68. The van der Waals surface area contributed by atoms with E-state index in [4.69, 9.17) is 9.47 Å². The van der Waals surface area contributed by atoms with E-state index in [0.29, 0.717) is 0 Å². The third-order valence-electron chi connectivity index (χ3n) is 3.50. The summed E-state index contributed by atoms with van der Waals surface area (Å²) < 4.78 is 10.4. The van der Waals surface area contributed by atoms with Gasteiger partial charge in [-0.2, -0.15) is 0 Å². The molecule has 104 valence electrons. The zero-order valence-electron chi connectivity index (χ0n) is 11.4. The Hall–Kier alpha value is -1.59. The first-order chi connectivity index (χ1) is 9.20. The minimum atomic E-state index is -0.0639. The molecule has 1 heterocycles. The van der Waals surface area contributed by atoms with Gasteiger partial charge >= 0.3 is 0 Å². The van der Waals surface area contributed by atoms with E-state index in [-0.39, 0.29) is 11.9 Å². The number of hydrogen-bond donors (Lipinski definition) is 2. The van der Waals surface area contributed by atoms with Crippen LogP contribution in [0, 0.1) is 0 Å². The number of amides is 1. The second-order valence-corrected chi connectivity index (χ2v) is 4.71. The highest BCUT2D eigenvalue weighted by Gasteiger charge is 2.26. The molecule has 1 saturated heterocycles. The number of benzene rings is 1. The van der Waals surface area contributed by atoms with Gasteiger partial charge in [-0.15, -0.1) is 0 Å². The first kappa shape index (κ1) is 13.8. The predicted octanol–water partition coefficient (Wildman–Crippen LogP) is -0.0627. The van der Waals surface area contributed by atoms with Gasteiger partial charge in [-0.1, -0.05) is 0 Å². The number of hydrogen-bond acceptors (Lipinski definition) is 3. The minimum absolute atomic E-state index is 0.0436. The summed E-state index contributed by atoms with van der Waals surface area (Å²) in [5.41, 5.74) is 0.797. The Labute approximate surface area is 113 Å². The van der Waals surface area contributed by atoms with Crippen molar-refractivity contribution < 1.29 is 19.2 Å². The van der Waals surface area contributed by atoms with Gasteiger partial charge in [0.25, 0.3) is 5.91 Å². The Balaban J connectivity index is 1.91.